The number of hydrogen-bond acceptors (Lipinski definition) is 4. The standard InChI is InChI=1S/C4H8N2O4/c1-10-4(7)5-2-3-6(8)9/h2-3H2,1H3,(H,5,7). The van der Waals surface area contributed by atoms with Gasteiger partial charge < -0.3 is 10.1 Å². The number of carbonyl (C=O) groups is 1. The van der Waals surface area contributed by atoms with Crippen molar-refractivity contribution in [2.75, 3.05) is 20.2 Å². The Hall–Kier alpha value is -1.33. The number of nitrogens with zero attached hydrogens (tertiary/aromatic N) is 1. The second kappa shape index (κ2) is 4.54. The van der Waals surface area contributed by atoms with Gasteiger partial charge in [-0.25, -0.2) is 4.79 Å². The van der Waals surface area contributed by atoms with Crippen molar-refractivity contribution in [1.82, 2.24) is 5.32 Å². The van der Waals surface area contributed by atoms with Crippen LogP contribution in [0.1, 0.15) is 0 Å². The molecule has 0 rings (SSSR count). The summed E-state index contributed by atoms with van der Waals surface area (Å²) < 4.78 is 4.16. The minimum atomic E-state index is -0.651. The molecule has 0 aliphatic rings. The lowest BCUT2D eigenvalue weighted by atomic mass is 10.6. The van der Waals surface area contributed by atoms with Gasteiger partial charge in [-0.3, -0.25) is 10.1 Å². The zero-order valence-corrected chi connectivity index (χ0v) is 5.49. The van der Waals surface area contributed by atoms with Gasteiger partial charge in [-0.2, -0.15) is 0 Å². The average molecular weight is 148 g/mol. The van der Waals surface area contributed by atoms with E-state index < -0.39 is 11.0 Å². The first-order valence-electron chi connectivity index (χ1n) is 2.60. The maximum atomic E-state index is 10.2. The number of nitrogens with one attached hydrogen (secondary N) is 1. The van der Waals surface area contributed by atoms with E-state index in [1.54, 1.807) is 0 Å². The predicted molar refractivity (Wildman–Crippen MR) is 32.3 cm³/mol. The second-order valence-electron chi connectivity index (χ2n) is 1.47. The molecule has 10 heavy (non-hydrogen) atoms. The van der Waals surface area contributed by atoms with Gasteiger partial charge in [-0.15, -0.1) is 0 Å². The molecule has 0 aliphatic heterocycles. The van der Waals surface area contributed by atoms with E-state index in [0.29, 0.717) is 0 Å². The largest absolute Gasteiger partial charge is 0.453 e. The first-order valence-corrected chi connectivity index (χ1v) is 2.60. The van der Waals surface area contributed by atoms with Gasteiger partial charge in [0.15, 0.2) is 0 Å². The minimum Gasteiger partial charge on any atom is -0.453 e. The molecule has 0 fully saturated rings. The summed E-state index contributed by atoms with van der Waals surface area (Å²) in [6, 6.07) is 0. The van der Waals surface area contributed by atoms with Crippen molar-refractivity contribution in [3.05, 3.63) is 10.1 Å². The van der Waals surface area contributed by atoms with Gasteiger partial charge in [-0.05, 0) is 0 Å². The van der Waals surface area contributed by atoms with E-state index in [0.717, 1.165) is 0 Å². The van der Waals surface area contributed by atoms with Gasteiger partial charge in [0, 0.05) is 4.92 Å². The smallest absolute Gasteiger partial charge is 0.407 e. The Morgan fingerprint density at radius 2 is 2.40 bits per heavy atom. The number of ether oxygens (including phenoxy) is 1. The molecule has 0 aliphatic carbocycles. The fourth-order valence-electron chi connectivity index (χ4n) is 0.321. The monoisotopic (exact) mass is 148 g/mol. The zero-order valence-electron chi connectivity index (χ0n) is 5.49. The van der Waals surface area contributed by atoms with Gasteiger partial charge in [0.25, 0.3) is 0 Å². The van der Waals surface area contributed by atoms with Crippen molar-refractivity contribution in [2.45, 2.75) is 0 Å². The lowest BCUT2D eigenvalue weighted by Gasteiger charge is -1.97. The Kier molecular flexibility index (Phi) is 3.94. The van der Waals surface area contributed by atoms with Crippen molar-refractivity contribution < 1.29 is 14.5 Å². The molecule has 0 unspecified atom stereocenters. The number of carbonyl (C=O) groups excluding carboxylic acids is 1. The predicted octanol–water partition coefficient (Wildman–Crippen LogP) is -0.381. The molecule has 0 saturated heterocycles. The zero-order chi connectivity index (χ0) is 7.98. The minimum absolute atomic E-state index is 0.000324. The van der Waals surface area contributed by atoms with Gasteiger partial charge >= 0.3 is 6.09 Å². The summed E-state index contributed by atoms with van der Waals surface area (Å²) in [5, 5.41) is 11.8. The first kappa shape index (κ1) is 8.67. The molecule has 0 atom stereocenters. The topological polar surface area (TPSA) is 81.5 Å². The summed E-state index contributed by atoms with van der Waals surface area (Å²) in [7, 11) is 1.20. The van der Waals surface area contributed by atoms with Gasteiger partial charge in [0.05, 0.1) is 13.7 Å². The van der Waals surface area contributed by atoms with Crippen LogP contribution >= 0.6 is 0 Å². The maximum absolute atomic E-state index is 10.2. The van der Waals surface area contributed by atoms with E-state index in [9.17, 15) is 14.9 Å². The van der Waals surface area contributed by atoms with Crippen LogP contribution in [0.3, 0.4) is 0 Å². The van der Waals surface area contributed by atoms with Crippen molar-refractivity contribution in [3.63, 3.8) is 0 Å². The Bertz CT molecular complexity index is 135. The van der Waals surface area contributed by atoms with Crippen molar-refractivity contribution >= 4 is 6.09 Å². The normalized spacial score (nSPS) is 8.50. The molecule has 0 radical (unpaired) electrons. The number of nitro groups is 1. The third-order valence-corrected chi connectivity index (χ3v) is 0.749. The van der Waals surface area contributed by atoms with E-state index in [1.807, 2.05) is 0 Å². The highest BCUT2D eigenvalue weighted by atomic mass is 16.6. The van der Waals surface area contributed by atoms with E-state index >= 15 is 0 Å². The number of amides is 1. The molecule has 0 aromatic rings. The Labute approximate surface area is 57.3 Å². The Morgan fingerprint density at radius 3 is 2.80 bits per heavy atom. The first-order chi connectivity index (χ1) is 4.66. The second-order valence-corrected chi connectivity index (χ2v) is 1.47. The molecule has 0 aromatic heterocycles. The van der Waals surface area contributed by atoms with E-state index in [-0.39, 0.29) is 13.1 Å². The molecule has 0 spiro atoms. The van der Waals surface area contributed by atoms with Gasteiger partial charge in [0.1, 0.15) is 0 Å². The van der Waals surface area contributed by atoms with Crippen LogP contribution in [0.5, 0.6) is 0 Å². The molecule has 58 valence electrons. The molecule has 6 heteroatoms. The van der Waals surface area contributed by atoms with Crippen molar-refractivity contribution in [1.29, 1.82) is 0 Å². The lowest BCUT2D eigenvalue weighted by Crippen LogP contribution is -2.28. The maximum Gasteiger partial charge on any atom is 0.407 e. The molecule has 0 bridgehead atoms. The fraction of sp³-hybridized carbons (Fsp3) is 0.750. The highest BCUT2D eigenvalue weighted by molar-refractivity contribution is 5.66. The fourth-order valence-corrected chi connectivity index (χ4v) is 0.321. The Balaban J connectivity index is 3.20. The third-order valence-electron chi connectivity index (χ3n) is 0.749. The van der Waals surface area contributed by atoms with Crippen LogP contribution in [0, 0.1) is 10.1 Å². The van der Waals surface area contributed by atoms with Gasteiger partial charge in [-0.1, -0.05) is 0 Å². The highest BCUT2D eigenvalue weighted by Gasteiger charge is 1.99. The molecule has 0 heterocycles. The van der Waals surface area contributed by atoms with Crippen LogP contribution in [0.15, 0.2) is 0 Å². The summed E-state index contributed by atoms with van der Waals surface area (Å²) in [5.74, 6) is 0. The number of alkyl carbamates (subject to hydrolysis) is 1. The summed E-state index contributed by atoms with van der Waals surface area (Å²) in [6.45, 7) is -0.283. The molecular formula is C4H8N2O4. The van der Waals surface area contributed by atoms with Gasteiger partial charge in [0.2, 0.25) is 6.54 Å². The van der Waals surface area contributed by atoms with Crippen molar-refractivity contribution in [2.24, 2.45) is 0 Å². The average Bonchev–Trinajstić information content (AvgIpc) is 1.87. The van der Waals surface area contributed by atoms with E-state index in [4.69, 9.17) is 0 Å². The molecule has 1 N–H and O–H groups in total. The van der Waals surface area contributed by atoms with Crippen LogP contribution in [0.2, 0.25) is 0 Å². The SMILES string of the molecule is COC(=O)NCC[N+](=O)[O-]. The lowest BCUT2D eigenvalue weighted by molar-refractivity contribution is -0.477. The van der Waals surface area contributed by atoms with Crippen LogP contribution < -0.4 is 5.32 Å². The molecule has 0 aromatic carbocycles. The van der Waals surface area contributed by atoms with Crippen LogP contribution in [0.25, 0.3) is 0 Å². The molecule has 1 amide bonds. The van der Waals surface area contributed by atoms with Crippen LogP contribution in [-0.2, 0) is 4.74 Å². The van der Waals surface area contributed by atoms with Crippen LogP contribution in [-0.4, -0.2) is 31.2 Å². The molecule has 0 saturated carbocycles. The summed E-state index contributed by atoms with van der Waals surface area (Å²) in [4.78, 5) is 19.4. The van der Waals surface area contributed by atoms with E-state index in [2.05, 4.69) is 10.1 Å². The third kappa shape index (κ3) is 4.82. The summed E-state index contributed by atoms with van der Waals surface area (Å²) in [6.07, 6.45) is -0.651. The van der Waals surface area contributed by atoms with Crippen molar-refractivity contribution in [3.8, 4) is 0 Å². The van der Waals surface area contributed by atoms with Crippen LogP contribution in [0.4, 0.5) is 4.79 Å². The summed E-state index contributed by atoms with van der Waals surface area (Å²) in [5.41, 5.74) is 0. The quantitative estimate of drug-likeness (QED) is 0.437. The van der Waals surface area contributed by atoms with E-state index in [1.165, 1.54) is 7.11 Å². The number of hydrogen-bond donors (Lipinski definition) is 1. The Morgan fingerprint density at radius 1 is 1.80 bits per heavy atom. The number of rotatable bonds is 3. The molecule has 6 nitrogen and oxygen atoms in total. The number of methoxy groups -OCH3 is 1. The molecular weight excluding hydrogens is 140 g/mol. The highest BCUT2D eigenvalue weighted by Crippen LogP contribution is 1.70. The summed E-state index contributed by atoms with van der Waals surface area (Å²) >= 11 is 0.